The number of methoxy groups -OCH3 is 1. The minimum atomic E-state index is -0.365. The second-order valence-electron chi connectivity index (χ2n) is 5.02. The molecule has 0 saturated carbocycles. The number of carbonyl (C=O) groups is 1. The second kappa shape index (κ2) is 7.09. The fraction of sp³-hybridized carbons (Fsp3) is 0.353. The van der Waals surface area contributed by atoms with Crippen LogP contribution in [0.2, 0.25) is 0 Å². The Morgan fingerprint density at radius 2 is 2.05 bits per heavy atom. The van der Waals surface area contributed by atoms with Crippen LogP contribution in [-0.2, 0) is 20.8 Å². The van der Waals surface area contributed by atoms with E-state index in [4.69, 9.17) is 4.74 Å². The van der Waals surface area contributed by atoms with Gasteiger partial charge in [0.15, 0.2) is 0 Å². The fourth-order valence-electron chi connectivity index (χ4n) is 2.23. The molecule has 4 heteroatoms. The van der Waals surface area contributed by atoms with Crippen LogP contribution in [-0.4, -0.2) is 30.3 Å². The molecule has 1 aliphatic heterocycles. The van der Waals surface area contributed by atoms with Gasteiger partial charge in [0.05, 0.1) is 13.2 Å². The molecule has 4 nitrogen and oxygen atoms in total. The molecule has 112 valence electrons. The summed E-state index contributed by atoms with van der Waals surface area (Å²) in [6.07, 6.45) is 5.16. The van der Waals surface area contributed by atoms with E-state index < -0.39 is 0 Å². The molecule has 0 saturated heterocycles. The molecule has 1 heterocycles. The third kappa shape index (κ3) is 4.20. The molecule has 0 aliphatic carbocycles. The zero-order chi connectivity index (χ0) is 15.2. The van der Waals surface area contributed by atoms with E-state index >= 15 is 0 Å². The Bertz CT molecular complexity index is 536. The van der Waals surface area contributed by atoms with Crippen molar-refractivity contribution in [2.24, 2.45) is 0 Å². The van der Waals surface area contributed by atoms with Crippen LogP contribution >= 0.6 is 0 Å². The summed E-state index contributed by atoms with van der Waals surface area (Å²) in [6, 6.07) is 10.2. The topological polar surface area (TPSA) is 38.8 Å². The van der Waals surface area contributed by atoms with Crippen LogP contribution in [0.25, 0.3) is 0 Å². The van der Waals surface area contributed by atoms with Gasteiger partial charge in [0, 0.05) is 18.8 Å². The third-order valence-corrected chi connectivity index (χ3v) is 3.47. The van der Waals surface area contributed by atoms with E-state index in [1.807, 2.05) is 38.2 Å². The lowest BCUT2D eigenvalue weighted by molar-refractivity contribution is -0.134. The number of nitrogens with zero attached hydrogens (tertiary/aromatic N) is 1. The molecule has 0 amide bonds. The van der Waals surface area contributed by atoms with Crippen molar-refractivity contribution in [2.75, 3.05) is 7.11 Å². The van der Waals surface area contributed by atoms with E-state index in [0.29, 0.717) is 0 Å². The van der Waals surface area contributed by atoms with Crippen molar-refractivity contribution in [1.29, 1.82) is 0 Å². The predicted octanol–water partition coefficient (Wildman–Crippen LogP) is 2.87. The summed E-state index contributed by atoms with van der Waals surface area (Å²) in [5, 5.41) is 0. The van der Waals surface area contributed by atoms with Crippen LogP contribution in [0.15, 0.2) is 54.3 Å². The highest BCUT2D eigenvalue weighted by molar-refractivity contribution is 5.82. The zero-order valence-electron chi connectivity index (χ0n) is 12.7. The molecule has 1 aromatic carbocycles. The van der Waals surface area contributed by atoms with Gasteiger partial charge in [-0.25, -0.2) is 4.79 Å². The molecule has 1 aromatic rings. The van der Waals surface area contributed by atoms with Gasteiger partial charge in [-0.2, -0.15) is 0 Å². The van der Waals surface area contributed by atoms with Crippen LogP contribution in [0.3, 0.4) is 0 Å². The molecule has 21 heavy (non-hydrogen) atoms. The van der Waals surface area contributed by atoms with Crippen molar-refractivity contribution in [1.82, 2.24) is 4.90 Å². The fourth-order valence-corrected chi connectivity index (χ4v) is 2.23. The number of esters is 1. The lowest BCUT2D eigenvalue weighted by atomic mass is 10.1. The van der Waals surface area contributed by atoms with Crippen molar-refractivity contribution in [3.8, 4) is 0 Å². The lowest BCUT2D eigenvalue weighted by Gasteiger charge is -2.36. The van der Waals surface area contributed by atoms with Gasteiger partial charge >= 0.3 is 5.97 Å². The van der Waals surface area contributed by atoms with Crippen LogP contribution < -0.4 is 0 Å². The van der Waals surface area contributed by atoms with Crippen molar-refractivity contribution < 1.29 is 14.3 Å². The first-order valence-electron chi connectivity index (χ1n) is 7.03. The average molecular weight is 287 g/mol. The Kier molecular flexibility index (Phi) is 5.17. The summed E-state index contributed by atoms with van der Waals surface area (Å²) in [5.74, 6) is -0.365. The largest absolute Gasteiger partial charge is 0.466 e. The van der Waals surface area contributed by atoms with E-state index in [1.165, 1.54) is 18.7 Å². The highest BCUT2D eigenvalue weighted by Crippen LogP contribution is 2.22. The Morgan fingerprint density at radius 1 is 1.33 bits per heavy atom. The number of hydrogen-bond acceptors (Lipinski definition) is 4. The van der Waals surface area contributed by atoms with Gasteiger partial charge in [-0.05, 0) is 31.1 Å². The van der Waals surface area contributed by atoms with E-state index in [2.05, 4.69) is 21.8 Å². The maximum atomic E-state index is 11.2. The zero-order valence-corrected chi connectivity index (χ0v) is 12.7. The van der Waals surface area contributed by atoms with Crippen molar-refractivity contribution in [2.45, 2.75) is 32.7 Å². The van der Waals surface area contributed by atoms with E-state index in [-0.39, 0.29) is 18.3 Å². The highest BCUT2D eigenvalue weighted by atomic mass is 16.5. The van der Waals surface area contributed by atoms with Gasteiger partial charge in [0.25, 0.3) is 0 Å². The minimum Gasteiger partial charge on any atom is -0.466 e. The molecule has 2 rings (SSSR count). The SMILES string of the molecule is COC(=O)/C=C/C1=CN(Cc2ccccc2)[C@@H](C)O[C@H]1C. The standard InChI is InChI=1S/C17H21NO3/c1-13-16(9-10-17(19)20-3)12-18(14(2)21-13)11-15-7-5-4-6-8-15/h4-10,12-14H,11H2,1-3H3/b10-9+/t13-,14+/m0/s1. The lowest BCUT2D eigenvalue weighted by Crippen LogP contribution is -2.38. The predicted molar refractivity (Wildman–Crippen MR) is 81.2 cm³/mol. The molecule has 0 spiro atoms. The molecular formula is C17H21NO3. The average Bonchev–Trinajstić information content (AvgIpc) is 2.49. The molecule has 0 bridgehead atoms. The molecule has 0 unspecified atom stereocenters. The van der Waals surface area contributed by atoms with Gasteiger partial charge in [0.1, 0.15) is 6.23 Å². The monoisotopic (exact) mass is 287 g/mol. The number of ether oxygens (including phenoxy) is 2. The molecule has 0 fully saturated rings. The Morgan fingerprint density at radius 3 is 2.71 bits per heavy atom. The number of rotatable bonds is 4. The Hall–Kier alpha value is -2.07. The van der Waals surface area contributed by atoms with Crippen molar-refractivity contribution >= 4 is 5.97 Å². The normalized spacial score (nSPS) is 22.2. The third-order valence-electron chi connectivity index (χ3n) is 3.47. The molecule has 0 radical (unpaired) electrons. The highest BCUT2D eigenvalue weighted by Gasteiger charge is 2.22. The maximum Gasteiger partial charge on any atom is 0.330 e. The summed E-state index contributed by atoms with van der Waals surface area (Å²) in [5.41, 5.74) is 2.17. The van der Waals surface area contributed by atoms with Gasteiger partial charge in [-0.3, -0.25) is 0 Å². The van der Waals surface area contributed by atoms with Crippen molar-refractivity contribution in [3.63, 3.8) is 0 Å². The van der Waals surface area contributed by atoms with Gasteiger partial charge in [-0.15, -0.1) is 0 Å². The Labute approximate surface area is 125 Å². The van der Waals surface area contributed by atoms with Crippen molar-refractivity contribution in [3.05, 3.63) is 59.8 Å². The smallest absolute Gasteiger partial charge is 0.330 e. The molecule has 2 atom stereocenters. The van der Waals surface area contributed by atoms with Crippen LogP contribution in [0.1, 0.15) is 19.4 Å². The minimum absolute atomic E-state index is 0.00418. The van der Waals surface area contributed by atoms with E-state index in [1.54, 1.807) is 6.08 Å². The first-order valence-corrected chi connectivity index (χ1v) is 7.03. The molecule has 0 aromatic heterocycles. The quantitative estimate of drug-likeness (QED) is 0.630. The molecular weight excluding hydrogens is 266 g/mol. The first kappa shape index (κ1) is 15.3. The second-order valence-corrected chi connectivity index (χ2v) is 5.02. The summed E-state index contributed by atoms with van der Waals surface area (Å²) >= 11 is 0. The van der Waals surface area contributed by atoms with Crippen LogP contribution in [0.5, 0.6) is 0 Å². The van der Waals surface area contributed by atoms with Gasteiger partial charge < -0.3 is 14.4 Å². The van der Waals surface area contributed by atoms with E-state index in [0.717, 1.165) is 12.1 Å². The first-order chi connectivity index (χ1) is 10.1. The molecule has 0 N–H and O–H groups in total. The van der Waals surface area contributed by atoms with Crippen LogP contribution in [0.4, 0.5) is 0 Å². The number of carbonyl (C=O) groups excluding carboxylic acids is 1. The maximum absolute atomic E-state index is 11.2. The number of hydrogen-bond donors (Lipinski definition) is 0. The summed E-state index contributed by atoms with van der Waals surface area (Å²) in [7, 11) is 1.37. The van der Waals surface area contributed by atoms with Crippen LogP contribution in [0, 0.1) is 0 Å². The summed E-state index contributed by atoms with van der Waals surface area (Å²) in [6.45, 7) is 4.77. The summed E-state index contributed by atoms with van der Waals surface area (Å²) < 4.78 is 10.5. The Balaban J connectivity index is 2.14. The van der Waals surface area contributed by atoms with E-state index in [9.17, 15) is 4.79 Å². The molecule has 1 aliphatic rings. The van der Waals surface area contributed by atoms with Gasteiger partial charge in [-0.1, -0.05) is 30.3 Å². The number of benzene rings is 1. The van der Waals surface area contributed by atoms with Gasteiger partial charge in [0.2, 0.25) is 0 Å². The summed E-state index contributed by atoms with van der Waals surface area (Å²) in [4.78, 5) is 13.3.